The maximum atomic E-state index is 12.6. The van der Waals surface area contributed by atoms with E-state index in [2.05, 4.69) is 10.5 Å². The second-order valence-electron chi connectivity index (χ2n) is 5.56. The van der Waals surface area contributed by atoms with Crippen LogP contribution in [0.15, 0.2) is 53.1 Å². The van der Waals surface area contributed by atoms with E-state index in [-0.39, 0.29) is 5.69 Å². The van der Waals surface area contributed by atoms with Crippen molar-refractivity contribution in [2.24, 2.45) is 0 Å². The number of hydrogen-bond donors (Lipinski definition) is 1. The van der Waals surface area contributed by atoms with Gasteiger partial charge in [-0.15, -0.1) is 0 Å². The molecule has 3 aromatic rings. The van der Waals surface area contributed by atoms with Crippen molar-refractivity contribution in [3.8, 4) is 22.8 Å². The van der Waals surface area contributed by atoms with Crippen LogP contribution in [0.1, 0.15) is 24.3 Å². The van der Waals surface area contributed by atoms with Gasteiger partial charge in [0.2, 0.25) is 0 Å². The highest BCUT2D eigenvalue weighted by Crippen LogP contribution is 2.30. The third kappa shape index (κ3) is 4.60. The van der Waals surface area contributed by atoms with Crippen molar-refractivity contribution >= 4 is 23.2 Å². The number of nitrogens with zero attached hydrogens (tertiary/aromatic N) is 1. The van der Waals surface area contributed by atoms with Gasteiger partial charge < -0.3 is 19.3 Å². The van der Waals surface area contributed by atoms with Gasteiger partial charge in [0.25, 0.3) is 5.91 Å². The Labute approximate surface area is 162 Å². The van der Waals surface area contributed by atoms with Crippen LogP contribution in [0, 0.1) is 0 Å². The first-order chi connectivity index (χ1) is 13.1. The van der Waals surface area contributed by atoms with Crippen LogP contribution in [0.3, 0.4) is 0 Å². The van der Waals surface area contributed by atoms with Crippen LogP contribution < -0.4 is 14.8 Å². The van der Waals surface area contributed by atoms with Gasteiger partial charge in [0.05, 0.1) is 18.9 Å². The highest BCUT2D eigenvalue weighted by atomic mass is 35.5. The molecular formula is C20H19ClN2O4. The third-order valence-corrected chi connectivity index (χ3v) is 3.93. The average molecular weight is 387 g/mol. The highest BCUT2D eigenvalue weighted by molar-refractivity contribution is 6.30. The zero-order valence-corrected chi connectivity index (χ0v) is 15.7. The van der Waals surface area contributed by atoms with Gasteiger partial charge in [-0.1, -0.05) is 16.8 Å². The van der Waals surface area contributed by atoms with E-state index in [0.29, 0.717) is 41.2 Å². The van der Waals surface area contributed by atoms with Crippen LogP contribution in [-0.2, 0) is 0 Å². The summed E-state index contributed by atoms with van der Waals surface area (Å²) in [4.78, 5) is 12.6. The quantitative estimate of drug-likeness (QED) is 0.615. The lowest BCUT2D eigenvalue weighted by molar-refractivity contribution is 0.101. The number of rotatable bonds is 7. The molecule has 0 atom stereocenters. The SMILES string of the molecule is CCOc1ccc(OCC)c(NC(=O)c2cc(-c3ccc(Cl)cc3)on2)c1. The molecule has 0 fully saturated rings. The number of amides is 1. The fourth-order valence-corrected chi connectivity index (χ4v) is 2.59. The molecule has 0 unspecified atom stereocenters. The zero-order valence-electron chi connectivity index (χ0n) is 15.0. The molecule has 27 heavy (non-hydrogen) atoms. The summed E-state index contributed by atoms with van der Waals surface area (Å²) < 4.78 is 16.3. The van der Waals surface area contributed by atoms with E-state index >= 15 is 0 Å². The summed E-state index contributed by atoms with van der Waals surface area (Å²) in [7, 11) is 0. The summed E-state index contributed by atoms with van der Waals surface area (Å²) >= 11 is 5.89. The number of benzene rings is 2. The van der Waals surface area contributed by atoms with Crippen LogP contribution >= 0.6 is 11.6 Å². The van der Waals surface area contributed by atoms with Gasteiger partial charge in [-0.2, -0.15) is 0 Å². The van der Waals surface area contributed by atoms with Crippen LogP contribution in [0.5, 0.6) is 11.5 Å². The minimum Gasteiger partial charge on any atom is -0.494 e. The third-order valence-electron chi connectivity index (χ3n) is 3.68. The molecule has 1 aromatic heterocycles. The summed E-state index contributed by atoms with van der Waals surface area (Å²) in [5.74, 6) is 1.26. The molecular weight excluding hydrogens is 368 g/mol. The largest absolute Gasteiger partial charge is 0.494 e. The molecule has 1 N–H and O–H groups in total. The van der Waals surface area contributed by atoms with Crippen molar-refractivity contribution in [3.05, 3.63) is 59.2 Å². The number of ether oxygens (including phenoxy) is 2. The van der Waals surface area contributed by atoms with Crippen molar-refractivity contribution in [3.63, 3.8) is 0 Å². The van der Waals surface area contributed by atoms with Gasteiger partial charge in [0.15, 0.2) is 11.5 Å². The Morgan fingerprint density at radius 3 is 2.52 bits per heavy atom. The Morgan fingerprint density at radius 1 is 1.07 bits per heavy atom. The Bertz CT molecular complexity index is 922. The van der Waals surface area contributed by atoms with Crippen molar-refractivity contribution in [1.29, 1.82) is 0 Å². The minimum absolute atomic E-state index is 0.157. The molecule has 0 saturated heterocycles. The fourth-order valence-electron chi connectivity index (χ4n) is 2.46. The molecule has 0 spiro atoms. The number of hydrogen-bond acceptors (Lipinski definition) is 5. The number of halogens is 1. The molecule has 0 aliphatic carbocycles. The molecule has 6 nitrogen and oxygen atoms in total. The first-order valence-electron chi connectivity index (χ1n) is 8.54. The van der Waals surface area contributed by atoms with Gasteiger partial charge >= 0.3 is 0 Å². The molecule has 0 saturated carbocycles. The minimum atomic E-state index is -0.409. The maximum absolute atomic E-state index is 12.6. The highest BCUT2D eigenvalue weighted by Gasteiger charge is 2.16. The lowest BCUT2D eigenvalue weighted by Gasteiger charge is -2.12. The number of anilines is 1. The molecule has 0 bridgehead atoms. The van der Waals surface area contributed by atoms with Crippen LogP contribution in [0.4, 0.5) is 5.69 Å². The van der Waals surface area contributed by atoms with E-state index in [1.54, 1.807) is 48.5 Å². The zero-order chi connectivity index (χ0) is 19.2. The topological polar surface area (TPSA) is 73.6 Å². The molecule has 2 aromatic carbocycles. The summed E-state index contributed by atoms with van der Waals surface area (Å²) in [5, 5.41) is 7.27. The van der Waals surface area contributed by atoms with Gasteiger partial charge in [0.1, 0.15) is 11.5 Å². The molecule has 0 aliphatic rings. The number of carbonyl (C=O) groups is 1. The second-order valence-corrected chi connectivity index (χ2v) is 6.00. The van der Waals surface area contributed by atoms with Crippen LogP contribution in [0.2, 0.25) is 5.02 Å². The van der Waals surface area contributed by atoms with Gasteiger partial charge in [-0.25, -0.2) is 0 Å². The van der Waals surface area contributed by atoms with Crippen LogP contribution in [-0.4, -0.2) is 24.3 Å². The summed E-state index contributed by atoms with van der Waals surface area (Å²) in [6, 6.07) is 13.9. The molecule has 7 heteroatoms. The Balaban J connectivity index is 1.81. The van der Waals surface area contributed by atoms with E-state index in [1.807, 2.05) is 13.8 Å². The first kappa shape index (κ1) is 18.8. The molecule has 1 amide bonds. The smallest absolute Gasteiger partial charge is 0.277 e. The van der Waals surface area contributed by atoms with Crippen molar-refractivity contribution in [2.75, 3.05) is 18.5 Å². The van der Waals surface area contributed by atoms with E-state index < -0.39 is 5.91 Å². The van der Waals surface area contributed by atoms with E-state index in [1.165, 1.54) is 0 Å². The van der Waals surface area contributed by atoms with Gasteiger partial charge in [-0.05, 0) is 50.2 Å². The predicted octanol–water partition coefficient (Wildman–Crippen LogP) is 5.04. The lowest BCUT2D eigenvalue weighted by Crippen LogP contribution is -2.13. The maximum Gasteiger partial charge on any atom is 0.277 e. The number of nitrogens with one attached hydrogen (secondary N) is 1. The number of aromatic nitrogens is 1. The fraction of sp³-hybridized carbons (Fsp3) is 0.200. The standard InChI is InChI=1S/C20H19ClN2O4/c1-3-25-15-9-10-18(26-4-2)16(11-15)22-20(24)17-12-19(27-23-17)13-5-7-14(21)8-6-13/h5-12H,3-4H2,1-2H3,(H,22,24). The first-order valence-corrected chi connectivity index (χ1v) is 8.92. The molecule has 1 heterocycles. The molecule has 0 radical (unpaired) electrons. The Hall–Kier alpha value is -2.99. The average Bonchev–Trinajstić information content (AvgIpc) is 3.15. The van der Waals surface area contributed by atoms with Crippen molar-refractivity contribution < 1.29 is 18.8 Å². The van der Waals surface area contributed by atoms with E-state index in [4.69, 9.17) is 25.6 Å². The summed E-state index contributed by atoms with van der Waals surface area (Å²) in [6.07, 6.45) is 0. The van der Waals surface area contributed by atoms with E-state index in [9.17, 15) is 4.79 Å². The van der Waals surface area contributed by atoms with Crippen molar-refractivity contribution in [1.82, 2.24) is 5.16 Å². The Kier molecular flexibility index (Phi) is 5.98. The summed E-state index contributed by atoms with van der Waals surface area (Å²) in [5.41, 5.74) is 1.44. The van der Waals surface area contributed by atoms with Gasteiger partial charge in [-0.3, -0.25) is 4.79 Å². The normalized spacial score (nSPS) is 10.5. The number of carbonyl (C=O) groups excluding carboxylic acids is 1. The molecule has 3 rings (SSSR count). The van der Waals surface area contributed by atoms with Crippen molar-refractivity contribution in [2.45, 2.75) is 13.8 Å². The van der Waals surface area contributed by atoms with Crippen LogP contribution in [0.25, 0.3) is 11.3 Å². The Morgan fingerprint density at radius 2 is 1.81 bits per heavy atom. The van der Waals surface area contributed by atoms with E-state index in [0.717, 1.165) is 5.56 Å². The molecule has 0 aliphatic heterocycles. The molecule has 140 valence electrons. The second kappa shape index (κ2) is 8.60. The lowest BCUT2D eigenvalue weighted by atomic mass is 10.1. The predicted molar refractivity (Wildman–Crippen MR) is 104 cm³/mol. The monoisotopic (exact) mass is 386 g/mol. The van der Waals surface area contributed by atoms with Gasteiger partial charge in [0, 0.05) is 22.7 Å². The summed E-state index contributed by atoms with van der Waals surface area (Å²) in [6.45, 7) is 4.76.